The van der Waals surface area contributed by atoms with Gasteiger partial charge in [0.1, 0.15) is 0 Å². The van der Waals surface area contributed by atoms with E-state index in [-0.39, 0.29) is 5.54 Å². The first-order valence-electron chi connectivity index (χ1n) is 6.02. The smallest absolute Gasteiger partial charge is 0.0521 e. The number of nitrogens with zero attached hydrogens (tertiary/aromatic N) is 1. The van der Waals surface area contributed by atoms with E-state index in [0.29, 0.717) is 12.0 Å². The molecular formula is C12H26N2O. The van der Waals surface area contributed by atoms with Crippen LogP contribution in [-0.4, -0.2) is 43.3 Å². The number of hydrogen-bond donors (Lipinski definition) is 1. The van der Waals surface area contributed by atoms with Crippen LogP contribution in [0.3, 0.4) is 0 Å². The van der Waals surface area contributed by atoms with Crippen molar-refractivity contribution in [2.45, 2.75) is 45.2 Å². The molecule has 0 aromatic rings. The topological polar surface area (TPSA) is 38.5 Å². The minimum Gasteiger partial charge on any atom is -0.381 e. The summed E-state index contributed by atoms with van der Waals surface area (Å²) < 4.78 is 5.49. The predicted octanol–water partition coefficient (Wildman–Crippen LogP) is 1.47. The van der Waals surface area contributed by atoms with Crippen molar-refractivity contribution in [3.8, 4) is 0 Å². The number of rotatable bonds is 4. The Morgan fingerprint density at radius 1 is 1.47 bits per heavy atom. The Hall–Kier alpha value is -0.120. The lowest BCUT2D eigenvalue weighted by Crippen LogP contribution is -2.49. The van der Waals surface area contributed by atoms with Crippen LogP contribution in [0.1, 0.15) is 33.6 Å². The maximum atomic E-state index is 6.11. The standard InChI is InChI=1S/C12H26N2O/c1-5-12(2,3)14(4)8-10-9-15-7-6-11(10)13/h10-11H,5-9,13H2,1-4H3. The second-order valence-corrected chi connectivity index (χ2v) is 5.33. The first-order valence-corrected chi connectivity index (χ1v) is 6.02. The summed E-state index contributed by atoms with van der Waals surface area (Å²) in [6.07, 6.45) is 2.16. The van der Waals surface area contributed by atoms with Crippen LogP contribution in [0.2, 0.25) is 0 Å². The minimum atomic E-state index is 0.261. The van der Waals surface area contributed by atoms with Gasteiger partial charge in [-0.1, -0.05) is 6.92 Å². The predicted molar refractivity (Wildman–Crippen MR) is 63.9 cm³/mol. The van der Waals surface area contributed by atoms with Crippen molar-refractivity contribution >= 4 is 0 Å². The summed E-state index contributed by atoms with van der Waals surface area (Å²) >= 11 is 0. The van der Waals surface area contributed by atoms with E-state index in [2.05, 4.69) is 32.7 Å². The molecule has 1 fully saturated rings. The van der Waals surface area contributed by atoms with Crippen molar-refractivity contribution in [1.29, 1.82) is 0 Å². The SMILES string of the molecule is CCC(C)(C)N(C)CC1COCCC1N. The minimum absolute atomic E-state index is 0.261. The van der Waals surface area contributed by atoms with Crippen LogP contribution in [0.5, 0.6) is 0 Å². The molecule has 2 atom stereocenters. The summed E-state index contributed by atoms with van der Waals surface area (Å²) in [5, 5.41) is 0. The molecule has 0 aliphatic carbocycles. The third-order valence-corrected chi connectivity index (χ3v) is 3.94. The maximum absolute atomic E-state index is 6.11. The molecule has 0 radical (unpaired) electrons. The van der Waals surface area contributed by atoms with Gasteiger partial charge >= 0.3 is 0 Å². The van der Waals surface area contributed by atoms with Crippen molar-refractivity contribution in [2.24, 2.45) is 11.7 Å². The van der Waals surface area contributed by atoms with Gasteiger partial charge in [0.25, 0.3) is 0 Å². The Labute approximate surface area is 94.0 Å². The summed E-state index contributed by atoms with van der Waals surface area (Å²) in [6, 6.07) is 0.314. The zero-order valence-electron chi connectivity index (χ0n) is 10.6. The van der Waals surface area contributed by atoms with E-state index in [9.17, 15) is 0 Å². The van der Waals surface area contributed by atoms with Gasteiger partial charge in [-0.3, -0.25) is 0 Å². The lowest BCUT2D eigenvalue weighted by Gasteiger charge is -2.39. The van der Waals surface area contributed by atoms with E-state index in [1.165, 1.54) is 0 Å². The molecule has 1 saturated heterocycles. The molecule has 1 aliphatic rings. The van der Waals surface area contributed by atoms with E-state index in [1.54, 1.807) is 0 Å². The fraction of sp³-hybridized carbons (Fsp3) is 1.00. The quantitative estimate of drug-likeness (QED) is 0.770. The second kappa shape index (κ2) is 5.28. The highest BCUT2D eigenvalue weighted by Crippen LogP contribution is 2.21. The summed E-state index contributed by atoms with van der Waals surface area (Å²) in [6.45, 7) is 9.49. The van der Waals surface area contributed by atoms with Crippen LogP contribution in [0.15, 0.2) is 0 Å². The molecule has 1 heterocycles. The van der Waals surface area contributed by atoms with Crippen LogP contribution in [0, 0.1) is 5.92 Å². The number of hydrogen-bond acceptors (Lipinski definition) is 3. The molecule has 0 spiro atoms. The van der Waals surface area contributed by atoms with Crippen LogP contribution >= 0.6 is 0 Å². The lowest BCUT2D eigenvalue weighted by molar-refractivity contribution is 0.0138. The molecule has 0 aromatic carbocycles. The molecule has 0 bridgehead atoms. The van der Waals surface area contributed by atoms with Crippen molar-refractivity contribution in [3.63, 3.8) is 0 Å². The van der Waals surface area contributed by atoms with Crippen LogP contribution in [-0.2, 0) is 4.74 Å². The van der Waals surface area contributed by atoms with Crippen LogP contribution in [0.4, 0.5) is 0 Å². The fourth-order valence-electron chi connectivity index (χ4n) is 1.87. The highest BCUT2D eigenvalue weighted by molar-refractivity contribution is 4.84. The normalized spacial score (nSPS) is 28.4. The molecule has 90 valence electrons. The van der Waals surface area contributed by atoms with Crippen molar-refractivity contribution in [2.75, 3.05) is 26.8 Å². The first kappa shape index (κ1) is 12.9. The average molecular weight is 214 g/mol. The third-order valence-electron chi connectivity index (χ3n) is 3.94. The highest BCUT2D eigenvalue weighted by Gasteiger charge is 2.28. The molecule has 1 aliphatic heterocycles. The van der Waals surface area contributed by atoms with Gasteiger partial charge in [-0.15, -0.1) is 0 Å². The van der Waals surface area contributed by atoms with Gasteiger partial charge < -0.3 is 15.4 Å². The Balaban J connectivity index is 2.45. The van der Waals surface area contributed by atoms with E-state index in [1.807, 2.05) is 0 Å². The molecule has 0 aromatic heterocycles. The lowest BCUT2D eigenvalue weighted by atomic mass is 9.93. The second-order valence-electron chi connectivity index (χ2n) is 5.33. The van der Waals surface area contributed by atoms with Crippen LogP contribution < -0.4 is 5.73 Å². The maximum Gasteiger partial charge on any atom is 0.0521 e. The summed E-state index contributed by atoms with van der Waals surface area (Å²) in [7, 11) is 2.19. The molecule has 0 amide bonds. The monoisotopic (exact) mass is 214 g/mol. The van der Waals surface area contributed by atoms with Crippen molar-refractivity contribution in [3.05, 3.63) is 0 Å². The largest absolute Gasteiger partial charge is 0.381 e. The third kappa shape index (κ3) is 3.44. The summed E-state index contributed by atoms with van der Waals surface area (Å²) in [5.41, 5.74) is 6.37. The van der Waals surface area contributed by atoms with E-state index >= 15 is 0 Å². The van der Waals surface area contributed by atoms with E-state index < -0.39 is 0 Å². The summed E-state index contributed by atoms with van der Waals surface area (Å²) in [4.78, 5) is 2.41. The van der Waals surface area contributed by atoms with E-state index in [4.69, 9.17) is 10.5 Å². The average Bonchev–Trinajstić information content (AvgIpc) is 2.21. The fourth-order valence-corrected chi connectivity index (χ4v) is 1.87. The Kier molecular flexibility index (Phi) is 4.56. The molecule has 1 rings (SSSR count). The van der Waals surface area contributed by atoms with Gasteiger partial charge in [0, 0.05) is 30.7 Å². The molecule has 3 heteroatoms. The van der Waals surface area contributed by atoms with Gasteiger partial charge in [0.2, 0.25) is 0 Å². The van der Waals surface area contributed by atoms with Gasteiger partial charge in [-0.2, -0.15) is 0 Å². The molecule has 15 heavy (non-hydrogen) atoms. The Morgan fingerprint density at radius 3 is 2.67 bits per heavy atom. The zero-order valence-corrected chi connectivity index (χ0v) is 10.6. The zero-order chi connectivity index (χ0) is 11.5. The number of nitrogens with two attached hydrogens (primary N) is 1. The van der Waals surface area contributed by atoms with Crippen molar-refractivity contribution < 1.29 is 4.74 Å². The van der Waals surface area contributed by atoms with E-state index in [0.717, 1.165) is 32.6 Å². The molecule has 0 saturated carbocycles. The van der Waals surface area contributed by atoms with Crippen LogP contribution in [0.25, 0.3) is 0 Å². The molecule has 3 nitrogen and oxygen atoms in total. The first-order chi connectivity index (χ1) is 6.97. The molecule has 2 unspecified atom stereocenters. The number of ether oxygens (including phenoxy) is 1. The van der Waals surface area contributed by atoms with Gasteiger partial charge in [0.05, 0.1) is 6.61 Å². The van der Waals surface area contributed by atoms with Gasteiger partial charge in [-0.05, 0) is 33.7 Å². The van der Waals surface area contributed by atoms with Gasteiger partial charge in [0.15, 0.2) is 0 Å². The Morgan fingerprint density at radius 2 is 2.13 bits per heavy atom. The van der Waals surface area contributed by atoms with Crippen molar-refractivity contribution in [1.82, 2.24) is 4.90 Å². The molecule has 2 N–H and O–H groups in total. The summed E-state index contributed by atoms with van der Waals surface area (Å²) in [5.74, 6) is 0.495. The Bertz CT molecular complexity index is 194. The molecular weight excluding hydrogens is 188 g/mol. The highest BCUT2D eigenvalue weighted by atomic mass is 16.5. The van der Waals surface area contributed by atoms with Gasteiger partial charge in [-0.25, -0.2) is 0 Å².